The number of aromatic nitrogens is 2. The topological polar surface area (TPSA) is 41.0 Å². The van der Waals surface area contributed by atoms with Gasteiger partial charge in [0.1, 0.15) is 17.5 Å². The van der Waals surface area contributed by atoms with Crippen LogP contribution in [0.2, 0.25) is 0 Å². The van der Waals surface area contributed by atoms with Gasteiger partial charge in [-0.3, -0.25) is 0 Å². The number of rotatable bonds is 4. The molecule has 0 aliphatic carbocycles. The van der Waals surface area contributed by atoms with Crippen LogP contribution in [0.1, 0.15) is 58.7 Å². The van der Waals surface area contributed by atoms with E-state index < -0.39 is 0 Å². The lowest BCUT2D eigenvalue weighted by molar-refractivity contribution is 0.480. The Kier molecular flexibility index (Phi) is 4.61. The lowest BCUT2D eigenvalue weighted by Gasteiger charge is -2.34. The van der Waals surface area contributed by atoms with Crippen molar-refractivity contribution in [2.24, 2.45) is 0 Å². The van der Waals surface area contributed by atoms with E-state index in [0.717, 1.165) is 30.5 Å². The fourth-order valence-corrected chi connectivity index (χ4v) is 2.57. The fraction of sp³-hybridized carbons (Fsp3) is 0.733. The van der Waals surface area contributed by atoms with E-state index in [1.807, 2.05) is 0 Å². The molecule has 0 amide bonds. The molecule has 1 unspecified atom stereocenters. The molecule has 1 aromatic heterocycles. The summed E-state index contributed by atoms with van der Waals surface area (Å²) in [4.78, 5) is 11.8. The lowest BCUT2D eigenvalue weighted by Crippen LogP contribution is -2.38. The molecule has 0 radical (unpaired) electrons. The molecular weight excluding hydrogens is 236 g/mol. The third-order valence-electron chi connectivity index (χ3n) is 3.70. The van der Waals surface area contributed by atoms with Crippen LogP contribution in [0.5, 0.6) is 0 Å². The first kappa shape index (κ1) is 14.1. The van der Waals surface area contributed by atoms with Crippen molar-refractivity contribution in [2.75, 3.05) is 23.3 Å². The summed E-state index contributed by atoms with van der Waals surface area (Å²) in [6.07, 6.45) is 3.86. The van der Waals surface area contributed by atoms with Gasteiger partial charge in [0, 0.05) is 31.1 Å². The SMILES string of the molecule is CCNc1cc(N2CCCCC2C)nc(C(C)C)n1. The van der Waals surface area contributed by atoms with Gasteiger partial charge in [0.15, 0.2) is 0 Å². The number of nitrogens with one attached hydrogen (secondary N) is 1. The number of piperidine rings is 1. The Morgan fingerprint density at radius 1 is 1.37 bits per heavy atom. The molecule has 1 saturated heterocycles. The smallest absolute Gasteiger partial charge is 0.135 e. The van der Waals surface area contributed by atoms with Gasteiger partial charge < -0.3 is 10.2 Å². The number of anilines is 2. The summed E-state index contributed by atoms with van der Waals surface area (Å²) >= 11 is 0. The minimum Gasteiger partial charge on any atom is -0.370 e. The van der Waals surface area contributed by atoms with E-state index in [-0.39, 0.29) is 0 Å². The molecule has 106 valence electrons. The molecular formula is C15H26N4. The van der Waals surface area contributed by atoms with Gasteiger partial charge in [-0.2, -0.15) is 0 Å². The Labute approximate surface area is 116 Å². The van der Waals surface area contributed by atoms with Crippen molar-refractivity contribution >= 4 is 11.6 Å². The summed E-state index contributed by atoms with van der Waals surface area (Å²) in [5.41, 5.74) is 0. The third kappa shape index (κ3) is 3.37. The normalized spacial score (nSPS) is 19.8. The molecule has 1 aliphatic rings. The maximum atomic E-state index is 4.76. The maximum absolute atomic E-state index is 4.76. The van der Waals surface area contributed by atoms with Crippen LogP contribution in [0.4, 0.5) is 11.6 Å². The average molecular weight is 262 g/mol. The molecule has 0 aromatic carbocycles. The van der Waals surface area contributed by atoms with Gasteiger partial charge in [0.25, 0.3) is 0 Å². The van der Waals surface area contributed by atoms with E-state index >= 15 is 0 Å². The molecule has 2 rings (SSSR count). The van der Waals surface area contributed by atoms with E-state index in [4.69, 9.17) is 4.98 Å². The van der Waals surface area contributed by atoms with E-state index in [1.54, 1.807) is 0 Å². The van der Waals surface area contributed by atoms with Gasteiger partial charge in [-0.25, -0.2) is 9.97 Å². The Morgan fingerprint density at radius 2 is 2.16 bits per heavy atom. The highest BCUT2D eigenvalue weighted by Crippen LogP contribution is 2.26. The second kappa shape index (κ2) is 6.22. The summed E-state index contributed by atoms with van der Waals surface area (Å²) in [6.45, 7) is 10.7. The predicted octanol–water partition coefficient (Wildman–Crippen LogP) is 3.41. The first-order valence-corrected chi connectivity index (χ1v) is 7.51. The molecule has 1 N–H and O–H groups in total. The molecule has 0 saturated carbocycles. The largest absolute Gasteiger partial charge is 0.370 e. The summed E-state index contributed by atoms with van der Waals surface area (Å²) in [5.74, 6) is 3.33. The Hall–Kier alpha value is -1.32. The molecule has 1 aromatic rings. The quantitative estimate of drug-likeness (QED) is 0.903. The fourth-order valence-electron chi connectivity index (χ4n) is 2.57. The van der Waals surface area contributed by atoms with Crippen LogP contribution in [-0.2, 0) is 0 Å². The number of hydrogen-bond donors (Lipinski definition) is 1. The number of hydrogen-bond acceptors (Lipinski definition) is 4. The van der Waals surface area contributed by atoms with Crippen LogP contribution >= 0.6 is 0 Å². The Morgan fingerprint density at radius 3 is 2.79 bits per heavy atom. The Bertz CT molecular complexity index is 417. The van der Waals surface area contributed by atoms with Crippen molar-refractivity contribution in [1.82, 2.24) is 9.97 Å². The molecule has 4 nitrogen and oxygen atoms in total. The summed E-state index contributed by atoms with van der Waals surface area (Å²) in [5, 5.41) is 3.32. The van der Waals surface area contributed by atoms with E-state index in [0.29, 0.717) is 12.0 Å². The molecule has 1 fully saturated rings. The van der Waals surface area contributed by atoms with Gasteiger partial charge in [-0.15, -0.1) is 0 Å². The molecule has 1 atom stereocenters. The first-order valence-electron chi connectivity index (χ1n) is 7.51. The third-order valence-corrected chi connectivity index (χ3v) is 3.70. The Balaban J connectivity index is 2.31. The van der Waals surface area contributed by atoms with Crippen molar-refractivity contribution in [3.63, 3.8) is 0 Å². The standard InChI is InChI=1S/C15H26N4/c1-5-16-13-10-14(18-15(17-13)11(2)3)19-9-7-6-8-12(19)4/h10-12H,5-9H2,1-4H3,(H,16,17,18). The second-order valence-electron chi connectivity index (χ2n) is 5.69. The van der Waals surface area contributed by atoms with Crippen LogP contribution in [0.3, 0.4) is 0 Å². The van der Waals surface area contributed by atoms with E-state index in [2.05, 4.69) is 49.0 Å². The average Bonchev–Trinajstić information content (AvgIpc) is 2.39. The van der Waals surface area contributed by atoms with Crippen molar-refractivity contribution in [3.8, 4) is 0 Å². The zero-order valence-corrected chi connectivity index (χ0v) is 12.6. The zero-order valence-electron chi connectivity index (χ0n) is 12.6. The van der Waals surface area contributed by atoms with Gasteiger partial charge in [0.2, 0.25) is 0 Å². The second-order valence-corrected chi connectivity index (χ2v) is 5.69. The predicted molar refractivity (Wildman–Crippen MR) is 80.9 cm³/mol. The molecule has 2 heterocycles. The summed E-state index contributed by atoms with van der Waals surface area (Å²) in [7, 11) is 0. The highest BCUT2D eigenvalue weighted by Gasteiger charge is 2.21. The molecule has 4 heteroatoms. The van der Waals surface area contributed by atoms with Crippen molar-refractivity contribution in [2.45, 2.75) is 58.9 Å². The monoisotopic (exact) mass is 262 g/mol. The molecule has 0 bridgehead atoms. The highest BCUT2D eigenvalue weighted by atomic mass is 15.2. The van der Waals surface area contributed by atoms with E-state index in [1.165, 1.54) is 19.3 Å². The van der Waals surface area contributed by atoms with Crippen LogP contribution in [0.15, 0.2) is 6.07 Å². The van der Waals surface area contributed by atoms with Crippen molar-refractivity contribution in [1.29, 1.82) is 0 Å². The van der Waals surface area contributed by atoms with Gasteiger partial charge in [0.05, 0.1) is 0 Å². The summed E-state index contributed by atoms with van der Waals surface area (Å²) in [6, 6.07) is 2.68. The van der Waals surface area contributed by atoms with Gasteiger partial charge >= 0.3 is 0 Å². The van der Waals surface area contributed by atoms with Crippen molar-refractivity contribution in [3.05, 3.63) is 11.9 Å². The lowest BCUT2D eigenvalue weighted by atomic mass is 10.0. The van der Waals surface area contributed by atoms with Gasteiger partial charge in [-0.1, -0.05) is 13.8 Å². The minimum absolute atomic E-state index is 0.359. The highest BCUT2D eigenvalue weighted by molar-refractivity contribution is 5.50. The van der Waals surface area contributed by atoms with Crippen LogP contribution in [0.25, 0.3) is 0 Å². The summed E-state index contributed by atoms with van der Waals surface area (Å²) < 4.78 is 0. The van der Waals surface area contributed by atoms with Crippen LogP contribution in [0, 0.1) is 0 Å². The maximum Gasteiger partial charge on any atom is 0.135 e. The van der Waals surface area contributed by atoms with E-state index in [9.17, 15) is 0 Å². The van der Waals surface area contributed by atoms with Crippen LogP contribution in [-0.4, -0.2) is 29.1 Å². The first-order chi connectivity index (χ1) is 9.11. The zero-order chi connectivity index (χ0) is 13.8. The van der Waals surface area contributed by atoms with Gasteiger partial charge in [-0.05, 0) is 33.1 Å². The minimum atomic E-state index is 0.359. The molecule has 1 aliphatic heterocycles. The van der Waals surface area contributed by atoms with Crippen LogP contribution < -0.4 is 10.2 Å². The molecule has 19 heavy (non-hydrogen) atoms. The number of nitrogens with zero attached hydrogens (tertiary/aromatic N) is 3. The molecule has 0 spiro atoms. The van der Waals surface area contributed by atoms with Crippen molar-refractivity contribution < 1.29 is 0 Å².